The zero-order valence-electron chi connectivity index (χ0n) is 13.7. The van der Waals surface area contributed by atoms with Crippen LogP contribution in [0.1, 0.15) is 18.4 Å². The first kappa shape index (κ1) is 16.5. The summed E-state index contributed by atoms with van der Waals surface area (Å²) in [5, 5.41) is 12.3. The van der Waals surface area contributed by atoms with Gasteiger partial charge in [0.2, 0.25) is 5.91 Å². The summed E-state index contributed by atoms with van der Waals surface area (Å²) in [5.74, 6) is -0.0255. The van der Waals surface area contributed by atoms with Gasteiger partial charge in [-0.2, -0.15) is 0 Å². The van der Waals surface area contributed by atoms with E-state index in [1.807, 2.05) is 53.6 Å². The monoisotopic (exact) mass is 325 g/mol. The highest BCUT2D eigenvalue weighted by Gasteiger charge is 2.42. The van der Waals surface area contributed by atoms with E-state index in [9.17, 15) is 9.90 Å². The topological polar surface area (TPSA) is 65.5 Å². The Kier molecular flexibility index (Phi) is 5.11. The molecule has 2 N–H and O–H groups in total. The molecular weight excluding hydrogens is 302 g/mol. The van der Waals surface area contributed by atoms with E-state index in [0.717, 1.165) is 24.1 Å². The van der Waals surface area contributed by atoms with Crippen LogP contribution in [-0.2, 0) is 11.3 Å². The van der Waals surface area contributed by atoms with Gasteiger partial charge >= 0.3 is 0 Å². The van der Waals surface area contributed by atoms with Crippen LogP contribution in [0.5, 0.6) is 0 Å². The van der Waals surface area contributed by atoms with Gasteiger partial charge in [0.25, 0.3) is 0 Å². The molecule has 1 amide bonds. The molecule has 1 aromatic heterocycles. The summed E-state index contributed by atoms with van der Waals surface area (Å²) < 4.78 is 0. The largest absolute Gasteiger partial charge is 0.396 e. The third kappa shape index (κ3) is 4.32. The molecule has 5 heteroatoms. The zero-order chi connectivity index (χ0) is 16.8. The van der Waals surface area contributed by atoms with Gasteiger partial charge in [-0.1, -0.05) is 24.3 Å². The molecule has 0 bridgehead atoms. The fourth-order valence-corrected chi connectivity index (χ4v) is 2.67. The number of aromatic nitrogens is 1. The van der Waals surface area contributed by atoms with Crippen molar-refractivity contribution in [2.24, 2.45) is 5.41 Å². The summed E-state index contributed by atoms with van der Waals surface area (Å²) in [5.41, 5.74) is 1.99. The number of hydrogen-bond donors (Lipinski definition) is 2. The molecule has 5 nitrogen and oxygen atoms in total. The van der Waals surface area contributed by atoms with Gasteiger partial charge in [0, 0.05) is 36.6 Å². The van der Waals surface area contributed by atoms with Gasteiger partial charge in [-0.3, -0.25) is 9.78 Å². The Morgan fingerprint density at radius 2 is 2.00 bits per heavy atom. The molecule has 126 valence electrons. The third-order valence-corrected chi connectivity index (χ3v) is 4.51. The van der Waals surface area contributed by atoms with E-state index >= 15 is 0 Å². The first-order valence-electron chi connectivity index (χ1n) is 8.27. The number of amides is 1. The van der Waals surface area contributed by atoms with Crippen LogP contribution in [0, 0.1) is 5.41 Å². The minimum absolute atomic E-state index is 0.0255. The predicted octanol–water partition coefficient (Wildman–Crippen LogP) is 1.98. The molecular formula is C19H23N3O2. The van der Waals surface area contributed by atoms with Gasteiger partial charge < -0.3 is 15.3 Å². The molecule has 0 atom stereocenters. The Morgan fingerprint density at radius 1 is 1.21 bits per heavy atom. The van der Waals surface area contributed by atoms with E-state index in [2.05, 4.69) is 10.3 Å². The second-order valence-electron chi connectivity index (χ2n) is 6.49. The van der Waals surface area contributed by atoms with E-state index in [4.69, 9.17) is 0 Å². The van der Waals surface area contributed by atoms with E-state index in [-0.39, 0.29) is 24.5 Å². The van der Waals surface area contributed by atoms with Crippen LogP contribution >= 0.6 is 0 Å². The third-order valence-electron chi connectivity index (χ3n) is 4.51. The van der Waals surface area contributed by atoms with Crippen LogP contribution in [0.15, 0.2) is 54.9 Å². The number of benzene rings is 1. The maximum absolute atomic E-state index is 12.4. The maximum Gasteiger partial charge on any atom is 0.239 e. The molecule has 0 saturated heterocycles. The molecule has 1 aromatic carbocycles. The van der Waals surface area contributed by atoms with Crippen molar-refractivity contribution in [3.8, 4) is 0 Å². The van der Waals surface area contributed by atoms with Gasteiger partial charge in [-0.05, 0) is 36.6 Å². The Labute approximate surface area is 142 Å². The number of aliphatic hydroxyl groups excluding tert-OH is 1. The van der Waals surface area contributed by atoms with Crippen LogP contribution in [0.2, 0.25) is 0 Å². The highest BCUT2D eigenvalue weighted by Crippen LogP contribution is 2.44. The van der Waals surface area contributed by atoms with E-state index in [0.29, 0.717) is 13.1 Å². The highest BCUT2D eigenvalue weighted by atomic mass is 16.3. The lowest BCUT2D eigenvalue weighted by molar-refractivity contribution is -0.120. The molecule has 3 rings (SSSR count). The highest BCUT2D eigenvalue weighted by molar-refractivity contribution is 5.81. The molecule has 1 heterocycles. The first-order valence-corrected chi connectivity index (χ1v) is 8.27. The van der Waals surface area contributed by atoms with Gasteiger partial charge in [0.05, 0.1) is 13.2 Å². The van der Waals surface area contributed by atoms with Gasteiger partial charge in [-0.25, -0.2) is 0 Å². The van der Waals surface area contributed by atoms with Crippen molar-refractivity contribution in [3.63, 3.8) is 0 Å². The smallest absolute Gasteiger partial charge is 0.239 e. The second-order valence-corrected chi connectivity index (χ2v) is 6.49. The Bertz CT molecular complexity index is 657. The van der Waals surface area contributed by atoms with E-state index in [1.54, 1.807) is 6.20 Å². The minimum Gasteiger partial charge on any atom is -0.396 e. The van der Waals surface area contributed by atoms with E-state index in [1.165, 1.54) is 0 Å². The van der Waals surface area contributed by atoms with Crippen LogP contribution in [0.3, 0.4) is 0 Å². The number of aliphatic hydroxyl groups is 1. The first-order chi connectivity index (χ1) is 11.7. The molecule has 1 aliphatic rings. The van der Waals surface area contributed by atoms with Crippen LogP contribution in [-0.4, -0.2) is 35.7 Å². The Morgan fingerprint density at radius 3 is 2.62 bits per heavy atom. The van der Waals surface area contributed by atoms with Crippen molar-refractivity contribution < 1.29 is 9.90 Å². The van der Waals surface area contributed by atoms with Crippen molar-refractivity contribution in [3.05, 3.63) is 60.4 Å². The van der Waals surface area contributed by atoms with Crippen LogP contribution < -0.4 is 10.2 Å². The number of carbonyl (C=O) groups excluding carboxylic acids is 1. The van der Waals surface area contributed by atoms with Crippen molar-refractivity contribution >= 4 is 11.6 Å². The number of anilines is 1. The van der Waals surface area contributed by atoms with E-state index < -0.39 is 0 Å². The van der Waals surface area contributed by atoms with Crippen molar-refractivity contribution in [2.75, 3.05) is 24.6 Å². The molecule has 2 aromatic rings. The Hall–Kier alpha value is -2.40. The second kappa shape index (κ2) is 7.45. The molecule has 1 fully saturated rings. The van der Waals surface area contributed by atoms with Crippen molar-refractivity contribution in [2.45, 2.75) is 19.4 Å². The summed E-state index contributed by atoms with van der Waals surface area (Å²) in [6.07, 6.45) is 5.54. The number of para-hydroxylation sites is 1. The summed E-state index contributed by atoms with van der Waals surface area (Å²) in [7, 11) is 0. The zero-order valence-corrected chi connectivity index (χ0v) is 13.7. The fraction of sp³-hybridized carbons (Fsp3) is 0.368. The lowest BCUT2D eigenvalue weighted by atomic mass is 10.1. The number of rotatable bonds is 8. The van der Waals surface area contributed by atoms with Gasteiger partial charge in [0.15, 0.2) is 0 Å². The number of carbonyl (C=O) groups is 1. The normalized spacial score (nSPS) is 14.9. The van der Waals surface area contributed by atoms with Gasteiger partial charge in [-0.15, -0.1) is 0 Å². The van der Waals surface area contributed by atoms with Crippen molar-refractivity contribution in [1.82, 2.24) is 10.3 Å². The molecule has 0 spiro atoms. The number of nitrogens with zero attached hydrogens (tertiary/aromatic N) is 2. The summed E-state index contributed by atoms with van der Waals surface area (Å²) in [6.45, 7) is 1.60. The van der Waals surface area contributed by atoms with Crippen LogP contribution in [0.4, 0.5) is 5.69 Å². The number of nitrogens with one attached hydrogen (secondary N) is 1. The predicted molar refractivity (Wildman–Crippen MR) is 93.5 cm³/mol. The van der Waals surface area contributed by atoms with Crippen LogP contribution in [0.25, 0.3) is 0 Å². The molecule has 0 aliphatic heterocycles. The molecule has 0 unspecified atom stereocenters. The lowest BCUT2D eigenvalue weighted by Crippen LogP contribution is -2.40. The molecule has 24 heavy (non-hydrogen) atoms. The number of pyridine rings is 1. The summed E-state index contributed by atoms with van der Waals surface area (Å²) in [6, 6.07) is 13.8. The minimum atomic E-state index is -0.0728. The number of hydrogen-bond acceptors (Lipinski definition) is 4. The SMILES string of the molecule is O=C(CN(Cc1cccnc1)c1ccccc1)NCC1(CO)CC1. The quantitative estimate of drug-likeness (QED) is 0.779. The Balaban J connectivity index is 1.64. The molecule has 1 aliphatic carbocycles. The van der Waals surface area contributed by atoms with Crippen molar-refractivity contribution in [1.29, 1.82) is 0 Å². The average molecular weight is 325 g/mol. The molecule has 0 radical (unpaired) electrons. The maximum atomic E-state index is 12.4. The fourth-order valence-electron chi connectivity index (χ4n) is 2.67. The van der Waals surface area contributed by atoms with Gasteiger partial charge in [0.1, 0.15) is 0 Å². The standard InChI is InChI=1S/C19H23N3O2/c23-15-19(8-9-19)14-21-18(24)13-22(17-6-2-1-3-7-17)12-16-5-4-10-20-11-16/h1-7,10-11,23H,8-9,12-15H2,(H,21,24). The summed E-state index contributed by atoms with van der Waals surface area (Å²) >= 11 is 0. The average Bonchev–Trinajstić information content (AvgIpc) is 3.42. The lowest BCUT2D eigenvalue weighted by Gasteiger charge is -2.25. The molecule has 1 saturated carbocycles. The summed E-state index contributed by atoms with van der Waals surface area (Å²) in [4.78, 5) is 18.5.